The molecule has 0 radical (unpaired) electrons. The average Bonchev–Trinajstić information content (AvgIpc) is 2.18. The van der Waals surface area contributed by atoms with E-state index in [2.05, 4.69) is 15.9 Å². The SMILES string of the molecule is C/C=C/COc1cc(Br)ccc1C(C)=O. The van der Waals surface area contributed by atoms with Gasteiger partial charge in [0.2, 0.25) is 0 Å². The van der Waals surface area contributed by atoms with Crippen molar-refractivity contribution in [2.45, 2.75) is 13.8 Å². The van der Waals surface area contributed by atoms with E-state index in [1.54, 1.807) is 12.1 Å². The van der Waals surface area contributed by atoms with Crippen LogP contribution in [0.2, 0.25) is 0 Å². The first-order valence-electron chi connectivity index (χ1n) is 4.69. The monoisotopic (exact) mass is 268 g/mol. The lowest BCUT2D eigenvalue weighted by atomic mass is 10.1. The first-order chi connectivity index (χ1) is 7.15. The Kier molecular flexibility index (Phi) is 4.56. The fourth-order valence-electron chi connectivity index (χ4n) is 1.14. The Morgan fingerprint density at radius 2 is 2.27 bits per heavy atom. The lowest BCUT2D eigenvalue weighted by molar-refractivity contribution is 0.101. The summed E-state index contributed by atoms with van der Waals surface area (Å²) in [5, 5.41) is 0. The number of carbonyl (C=O) groups is 1. The van der Waals surface area contributed by atoms with Crippen molar-refractivity contribution in [1.29, 1.82) is 0 Å². The van der Waals surface area contributed by atoms with Crippen LogP contribution in [0, 0.1) is 0 Å². The standard InChI is InChI=1S/C12H13BrO2/c1-3-4-7-15-12-8-10(13)5-6-11(12)9(2)14/h3-6,8H,7H2,1-2H3/b4-3+. The molecule has 0 spiro atoms. The smallest absolute Gasteiger partial charge is 0.163 e. The van der Waals surface area contributed by atoms with E-state index in [1.807, 2.05) is 25.1 Å². The Morgan fingerprint density at radius 3 is 2.87 bits per heavy atom. The molecule has 0 atom stereocenters. The fraction of sp³-hybridized carbons (Fsp3) is 0.250. The number of Topliss-reactive ketones (excluding diaryl/α,β-unsaturated/α-hetero) is 1. The van der Waals surface area contributed by atoms with Crippen LogP contribution in [0.1, 0.15) is 24.2 Å². The summed E-state index contributed by atoms with van der Waals surface area (Å²) >= 11 is 3.35. The van der Waals surface area contributed by atoms with Crippen molar-refractivity contribution < 1.29 is 9.53 Å². The lowest BCUT2D eigenvalue weighted by Gasteiger charge is -2.08. The predicted octanol–water partition coefficient (Wildman–Crippen LogP) is 3.61. The molecule has 0 amide bonds. The molecule has 80 valence electrons. The number of hydrogen-bond donors (Lipinski definition) is 0. The Bertz CT molecular complexity index is 383. The van der Waals surface area contributed by atoms with Crippen LogP contribution in [0.25, 0.3) is 0 Å². The van der Waals surface area contributed by atoms with Gasteiger partial charge in [0, 0.05) is 4.47 Å². The van der Waals surface area contributed by atoms with E-state index < -0.39 is 0 Å². The molecule has 0 saturated heterocycles. The van der Waals surface area contributed by atoms with Gasteiger partial charge in [-0.25, -0.2) is 0 Å². The highest BCUT2D eigenvalue weighted by atomic mass is 79.9. The van der Waals surface area contributed by atoms with Crippen LogP contribution in [-0.2, 0) is 0 Å². The van der Waals surface area contributed by atoms with Crippen molar-refractivity contribution in [3.05, 3.63) is 40.4 Å². The summed E-state index contributed by atoms with van der Waals surface area (Å²) in [5.74, 6) is 0.632. The minimum Gasteiger partial charge on any atom is -0.489 e. The second-order valence-corrected chi connectivity index (χ2v) is 3.99. The lowest BCUT2D eigenvalue weighted by Crippen LogP contribution is -2.01. The van der Waals surface area contributed by atoms with Gasteiger partial charge in [0.25, 0.3) is 0 Å². The Balaban J connectivity index is 2.91. The zero-order chi connectivity index (χ0) is 11.3. The number of carbonyl (C=O) groups excluding carboxylic acids is 1. The van der Waals surface area contributed by atoms with E-state index in [1.165, 1.54) is 6.92 Å². The number of benzene rings is 1. The quantitative estimate of drug-likeness (QED) is 0.616. The van der Waals surface area contributed by atoms with Gasteiger partial charge in [-0.05, 0) is 32.0 Å². The van der Waals surface area contributed by atoms with E-state index in [9.17, 15) is 4.79 Å². The molecular weight excluding hydrogens is 256 g/mol. The molecule has 3 heteroatoms. The zero-order valence-corrected chi connectivity index (χ0v) is 10.4. The predicted molar refractivity (Wildman–Crippen MR) is 64.5 cm³/mol. The highest BCUT2D eigenvalue weighted by molar-refractivity contribution is 9.10. The molecule has 1 rings (SSSR count). The van der Waals surface area contributed by atoms with Crippen LogP contribution in [0.4, 0.5) is 0 Å². The van der Waals surface area contributed by atoms with E-state index >= 15 is 0 Å². The first kappa shape index (κ1) is 12.0. The van der Waals surface area contributed by atoms with Crippen LogP contribution >= 0.6 is 15.9 Å². The molecule has 1 aromatic carbocycles. The second kappa shape index (κ2) is 5.71. The van der Waals surface area contributed by atoms with Gasteiger partial charge in [-0.15, -0.1) is 0 Å². The minimum atomic E-state index is 0.0120. The van der Waals surface area contributed by atoms with Crippen molar-refractivity contribution in [1.82, 2.24) is 0 Å². The maximum atomic E-state index is 11.3. The second-order valence-electron chi connectivity index (χ2n) is 3.08. The van der Waals surface area contributed by atoms with Gasteiger partial charge in [-0.1, -0.05) is 28.1 Å². The number of ether oxygens (including phenoxy) is 1. The largest absolute Gasteiger partial charge is 0.489 e. The maximum absolute atomic E-state index is 11.3. The van der Waals surface area contributed by atoms with Gasteiger partial charge in [0.1, 0.15) is 12.4 Å². The summed E-state index contributed by atoms with van der Waals surface area (Å²) in [6.45, 7) is 3.94. The van der Waals surface area contributed by atoms with Crippen LogP contribution in [-0.4, -0.2) is 12.4 Å². The molecule has 0 fully saturated rings. The van der Waals surface area contributed by atoms with Gasteiger partial charge in [0.15, 0.2) is 5.78 Å². The topological polar surface area (TPSA) is 26.3 Å². The van der Waals surface area contributed by atoms with E-state index in [0.717, 1.165) is 4.47 Å². The van der Waals surface area contributed by atoms with Gasteiger partial charge < -0.3 is 4.74 Å². The van der Waals surface area contributed by atoms with Gasteiger partial charge in [0.05, 0.1) is 5.56 Å². The fourth-order valence-corrected chi connectivity index (χ4v) is 1.48. The van der Waals surface area contributed by atoms with Crippen molar-refractivity contribution >= 4 is 21.7 Å². The number of rotatable bonds is 4. The normalized spacial score (nSPS) is 10.6. The van der Waals surface area contributed by atoms with Crippen molar-refractivity contribution in [3.63, 3.8) is 0 Å². The summed E-state index contributed by atoms with van der Waals surface area (Å²) < 4.78 is 6.39. The van der Waals surface area contributed by atoms with Crippen LogP contribution in [0.3, 0.4) is 0 Å². The van der Waals surface area contributed by atoms with Gasteiger partial charge in [-0.3, -0.25) is 4.79 Å². The van der Waals surface area contributed by atoms with Crippen molar-refractivity contribution in [2.75, 3.05) is 6.61 Å². The molecule has 0 unspecified atom stereocenters. The van der Waals surface area contributed by atoms with Crippen LogP contribution in [0.15, 0.2) is 34.8 Å². The number of ketones is 1. The van der Waals surface area contributed by atoms with Crippen LogP contribution in [0.5, 0.6) is 5.75 Å². The molecule has 0 N–H and O–H groups in total. The third-order valence-electron chi connectivity index (χ3n) is 1.89. The van der Waals surface area contributed by atoms with Gasteiger partial charge >= 0.3 is 0 Å². The summed E-state index contributed by atoms with van der Waals surface area (Å²) in [4.78, 5) is 11.3. The molecule has 0 heterocycles. The molecule has 0 aromatic heterocycles. The summed E-state index contributed by atoms with van der Waals surface area (Å²) in [5.41, 5.74) is 0.614. The highest BCUT2D eigenvalue weighted by Gasteiger charge is 2.08. The Labute approximate surface area is 98.1 Å². The van der Waals surface area contributed by atoms with E-state index in [-0.39, 0.29) is 5.78 Å². The van der Waals surface area contributed by atoms with Crippen molar-refractivity contribution in [2.24, 2.45) is 0 Å². The van der Waals surface area contributed by atoms with Crippen molar-refractivity contribution in [3.8, 4) is 5.75 Å². The average molecular weight is 269 g/mol. The molecule has 0 aliphatic rings. The number of allylic oxidation sites excluding steroid dienone is 1. The molecule has 0 aliphatic heterocycles. The summed E-state index contributed by atoms with van der Waals surface area (Å²) in [7, 11) is 0. The highest BCUT2D eigenvalue weighted by Crippen LogP contribution is 2.24. The maximum Gasteiger partial charge on any atom is 0.163 e. The molecule has 0 saturated carbocycles. The molecule has 2 nitrogen and oxygen atoms in total. The third kappa shape index (κ3) is 3.51. The first-order valence-corrected chi connectivity index (χ1v) is 5.49. The number of hydrogen-bond acceptors (Lipinski definition) is 2. The zero-order valence-electron chi connectivity index (χ0n) is 8.79. The van der Waals surface area contributed by atoms with Gasteiger partial charge in [-0.2, -0.15) is 0 Å². The molecule has 0 bridgehead atoms. The third-order valence-corrected chi connectivity index (χ3v) is 2.39. The van der Waals surface area contributed by atoms with Crippen LogP contribution < -0.4 is 4.74 Å². The Morgan fingerprint density at radius 1 is 1.53 bits per heavy atom. The molecule has 15 heavy (non-hydrogen) atoms. The summed E-state index contributed by atoms with van der Waals surface area (Å²) in [6, 6.07) is 5.40. The molecule has 1 aromatic rings. The minimum absolute atomic E-state index is 0.0120. The van der Waals surface area contributed by atoms with E-state index in [0.29, 0.717) is 17.9 Å². The van der Waals surface area contributed by atoms with E-state index in [4.69, 9.17) is 4.74 Å². The molecule has 0 aliphatic carbocycles. The molecular formula is C12H13BrO2. The number of halogens is 1. The Hall–Kier alpha value is -1.09. The summed E-state index contributed by atoms with van der Waals surface area (Å²) in [6.07, 6.45) is 3.80.